The van der Waals surface area contributed by atoms with Crippen LogP contribution in [0.4, 0.5) is 5.82 Å². The number of aromatic nitrogens is 1. The third kappa shape index (κ3) is 2.82. The first-order valence-corrected chi connectivity index (χ1v) is 6.52. The molecule has 1 aliphatic rings. The van der Waals surface area contributed by atoms with Crippen LogP contribution in [0.2, 0.25) is 0 Å². The van der Waals surface area contributed by atoms with Crippen LogP contribution in [0.3, 0.4) is 0 Å². The Bertz CT molecular complexity index is 574. The molecule has 2 atom stereocenters. The van der Waals surface area contributed by atoms with E-state index in [2.05, 4.69) is 15.0 Å². The average molecular weight is 294 g/mol. The van der Waals surface area contributed by atoms with Gasteiger partial charge < -0.3 is 19.9 Å². The van der Waals surface area contributed by atoms with Crippen molar-refractivity contribution in [2.24, 2.45) is 5.41 Å². The Morgan fingerprint density at radius 1 is 1.52 bits per heavy atom. The smallest absolute Gasteiger partial charge is 0.339 e. The van der Waals surface area contributed by atoms with Crippen LogP contribution in [-0.2, 0) is 14.3 Å². The monoisotopic (exact) mass is 294 g/mol. The summed E-state index contributed by atoms with van der Waals surface area (Å²) >= 11 is 0. The molecular weight excluding hydrogens is 276 g/mol. The molecule has 7 nitrogen and oxygen atoms in total. The number of esters is 1. The average Bonchev–Trinajstić information content (AvgIpc) is 2.81. The first-order valence-electron chi connectivity index (χ1n) is 6.52. The minimum absolute atomic E-state index is 0.152. The normalized spacial score (nSPS) is 24.6. The highest BCUT2D eigenvalue weighted by Gasteiger charge is 2.46. The molecule has 2 rings (SSSR count). The number of carbonyl (C=O) groups is 2. The third-order valence-electron chi connectivity index (χ3n) is 3.76. The van der Waals surface area contributed by atoms with Crippen LogP contribution in [0.25, 0.3) is 0 Å². The second kappa shape index (κ2) is 5.69. The zero-order chi connectivity index (χ0) is 15.6. The molecule has 1 aliphatic heterocycles. The second-order valence-corrected chi connectivity index (χ2v) is 5.26. The van der Waals surface area contributed by atoms with Gasteiger partial charge in [0, 0.05) is 0 Å². The number of methoxy groups -OCH3 is 1. The number of aliphatic carboxylic acids is 1. The summed E-state index contributed by atoms with van der Waals surface area (Å²) in [6.07, 6.45) is 0. The molecule has 1 aromatic heterocycles. The number of rotatable bonds is 4. The molecule has 2 unspecified atom stereocenters. The Kier molecular flexibility index (Phi) is 4.13. The Morgan fingerprint density at radius 2 is 2.24 bits per heavy atom. The molecule has 0 amide bonds. The molecule has 0 spiro atoms. The molecule has 2 N–H and O–H groups in total. The Labute approximate surface area is 122 Å². The third-order valence-corrected chi connectivity index (χ3v) is 3.76. The summed E-state index contributed by atoms with van der Waals surface area (Å²) in [7, 11) is 1.31. The predicted octanol–water partition coefficient (Wildman–Crippen LogP) is 1.08. The molecule has 0 aliphatic carbocycles. The molecule has 0 bridgehead atoms. The van der Waals surface area contributed by atoms with E-state index in [1.807, 2.05) is 0 Å². The highest BCUT2D eigenvalue weighted by atomic mass is 16.5. The van der Waals surface area contributed by atoms with E-state index in [1.54, 1.807) is 26.0 Å². The Balaban J connectivity index is 2.19. The number of ether oxygens (including phenoxy) is 2. The van der Waals surface area contributed by atoms with Gasteiger partial charge in [-0.05, 0) is 26.0 Å². The van der Waals surface area contributed by atoms with Crippen molar-refractivity contribution in [2.75, 3.05) is 25.6 Å². The molecule has 1 saturated heterocycles. The number of carboxylic acid groups (broad SMARTS) is 1. The molecule has 0 radical (unpaired) electrons. The number of nitrogens with zero attached hydrogens (tertiary/aromatic N) is 1. The van der Waals surface area contributed by atoms with E-state index >= 15 is 0 Å². The summed E-state index contributed by atoms with van der Waals surface area (Å²) in [5.41, 5.74) is -0.106. The van der Waals surface area contributed by atoms with E-state index in [9.17, 15) is 14.7 Å². The number of pyridine rings is 1. The van der Waals surface area contributed by atoms with Crippen molar-refractivity contribution in [1.29, 1.82) is 0 Å². The quantitative estimate of drug-likeness (QED) is 0.802. The molecule has 21 heavy (non-hydrogen) atoms. The first-order chi connectivity index (χ1) is 9.88. The second-order valence-electron chi connectivity index (χ2n) is 5.26. The summed E-state index contributed by atoms with van der Waals surface area (Å²) < 4.78 is 9.93. The number of nitrogens with one attached hydrogen (secondary N) is 1. The van der Waals surface area contributed by atoms with Gasteiger partial charge in [0.15, 0.2) is 0 Å². The van der Waals surface area contributed by atoms with Crippen LogP contribution in [0, 0.1) is 12.3 Å². The molecule has 1 fully saturated rings. The lowest BCUT2D eigenvalue weighted by Gasteiger charge is -2.26. The van der Waals surface area contributed by atoms with Gasteiger partial charge in [-0.3, -0.25) is 4.79 Å². The number of hydrogen-bond acceptors (Lipinski definition) is 6. The van der Waals surface area contributed by atoms with Crippen LogP contribution < -0.4 is 5.32 Å². The van der Waals surface area contributed by atoms with Crippen LogP contribution in [0.1, 0.15) is 23.0 Å². The van der Waals surface area contributed by atoms with Gasteiger partial charge in [-0.25, -0.2) is 9.78 Å². The van der Waals surface area contributed by atoms with E-state index < -0.39 is 17.4 Å². The highest BCUT2D eigenvalue weighted by Crippen LogP contribution is 2.31. The summed E-state index contributed by atoms with van der Waals surface area (Å²) in [6.45, 7) is 3.77. The van der Waals surface area contributed by atoms with Crippen molar-refractivity contribution >= 4 is 17.8 Å². The fourth-order valence-electron chi connectivity index (χ4n) is 2.23. The van der Waals surface area contributed by atoms with Crippen molar-refractivity contribution in [3.63, 3.8) is 0 Å². The standard InChI is InChI=1S/C14H18N2O5/c1-8-9(12(17)20-3)4-5-11(15-8)16-10-6-21-7-14(10,2)13(18)19/h4-5,10H,6-7H2,1-3H3,(H,15,16)(H,18,19). The highest BCUT2D eigenvalue weighted by molar-refractivity contribution is 5.90. The zero-order valence-corrected chi connectivity index (χ0v) is 12.2. The molecule has 0 aromatic carbocycles. The van der Waals surface area contributed by atoms with Gasteiger partial charge in [-0.2, -0.15) is 0 Å². The summed E-state index contributed by atoms with van der Waals surface area (Å²) in [5.74, 6) is -0.866. The largest absolute Gasteiger partial charge is 0.481 e. The van der Waals surface area contributed by atoms with Crippen molar-refractivity contribution in [3.05, 3.63) is 23.4 Å². The number of hydrogen-bond donors (Lipinski definition) is 2. The van der Waals surface area contributed by atoms with E-state index in [0.717, 1.165) is 0 Å². The maximum absolute atomic E-state index is 11.5. The SMILES string of the molecule is COC(=O)c1ccc(NC2COCC2(C)C(=O)O)nc1C. The minimum Gasteiger partial charge on any atom is -0.481 e. The summed E-state index contributed by atoms with van der Waals surface area (Å²) in [6, 6.07) is 2.84. The fourth-order valence-corrected chi connectivity index (χ4v) is 2.23. The van der Waals surface area contributed by atoms with Crippen LogP contribution in [0.15, 0.2) is 12.1 Å². The minimum atomic E-state index is -1.00. The number of aryl methyl sites for hydroxylation is 1. The van der Waals surface area contributed by atoms with Gasteiger partial charge >= 0.3 is 11.9 Å². The lowest BCUT2D eigenvalue weighted by molar-refractivity contribution is -0.148. The molecular formula is C14H18N2O5. The van der Waals surface area contributed by atoms with E-state index in [1.165, 1.54) is 7.11 Å². The van der Waals surface area contributed by atoms with Crippen molar-refractivity contribution < 1.29 is 24.2 Å². The maximum atomic E-state index is 11.5. The van der Waals surface area contributed by atoms with Gasteiger partial charge in [0.1, 0.15) is 11.2 Å². The van der Waals surface area contributed by atoms with Gasteiger partial charge in [0.25, 0.3) is 0 Å². The number of carbonyl (C=O) groups excluding carboxylic acids is 1. The fraction of sp³-hybridized carbons (Fsp3) is 0.500. The predicted molar refractivity (Wildman–Crippen MR) is 74.3 cm³/mol. The zero-order valence-electron chi connectivity index (χ0n) is 12.2. The van der Waals surface area contributed by atoms with Crippen molar-refractivity contribution in [2.45, 2.75) is 19.9 Å². The molecule has 7 heteroatoms. The lowest BCUT2D eigenvalue weighted by Crippen LogP contribution is -2.43. The van der Waals surface area contributed by atoms with Crippen molar-refractivity contribution in [1.82, 2.24) is 4.98 Å². The molecule has 0 saturated carbocycles. The molecule has 1 aromatic rings. The van der Waals surface area contributed by atoms with E-state index in [-0.39, 0.29) is 12.6 Å². The van der Waals surface area contributed by atoms with E-state index in [4.69, 9.17) is 4.74 Å². The summed E-state index contributed by atoms with van der Waals surface area (Å²) in [5, 5.41) is 12.4. The van der Waals surface area contributed by atoms with Crippen LogP contribution in [-0.4, -0.2) is 48.4 Å². The van der Waals surface area contributed by atoms with Gasteiger partial charge in [-0.15, -0.1) is 0 Å². The summed E-state index contributed by atoms with van der Waals surface area (Å²) in [4.78, 5) is 27.1. The van der Waals surface area contributed by atoms with Crippen LogP contribution in [0.5, 0.6) is 0 Å². The Morgan fingerprint density at radius 3 is 2.81 bits per heavy atom. The van der Waals surface area contributed by atoms with Crippen LogP contribution >= 0.6 is 0 Å². The van der Waals surface area contributed by atoms with Gasteiger partial charge in [0.05, 0.1) is 37.6 Å². The number of carboxylic acids is 1. The molecule has 2 heterocycles. The Hall–Kier alpha value is -2.15. The van der Waals surface area contributed by atoms with Crippen molar-refractivity contribution in [3.8, 4) is 0 Å². The van der Waals surface area contributed by atoms with E-state index in [0.29, 0.717) is 23.7 Å². The molecule has 114 valence electrons. The number of anilines is 1. The first kappa shape index (κ1) is 15.2. The van der Waals surface area contributed by atoms with Gasteiger partial charge in [-0.1, -0.05) is 0 Å². The lowest BCUT2D eigenvalue weighted by atomic mass is 9.85. The van der Waals surface area contributed by atoms with Gasteiger partial charge in [0.2, 0.25) is 0 Å². The topological polar surface area (TPSA) is 97.8 Å². The maximum Gasteiger partial charge on any atom is 0.339 e.